The van der Waals surface area contributed by atoms with Gasteiger partial charge in [-0.05, 0) is 55.3 Å². The van der Waals surface area contributed by atoms with E-state index >= 15 is 0 Å². The fraction of sp³-hybridized carbons (Fsp3) is 0.278. The molecule has 0 aromatic heterocycles. The van der Waals surface area contributed by atoms with Crippen molar-refractivity contribution in [2.24, 2.45) is 0 Å². The molecule has 0 saturated carbocycles. The molecular weight excluding hydrogens is 308 g/mol. The molecule has 24 heavy (non-hydrogen) atoms. The third kappa shape index (κ3) is 6.08. The lowest BCUT2D eigenvalue weighted by atomic mass is 10.1. The number of rotatable bonds is 8. The Kier molecular flexibility index (Phi) is 6.76. The standard InChI is InChI=1S/C18H22N2O4/c1-2-23-16-7-9-17(10-8-16)24-13-20-18(22)19-12-11-14-3-5-15(21)6-4-14/h3-10,21H,2,11-13H2,1H3,(H2,19,20,22). The first kappa shape index (κ1) is 17.5. The van der Waals surface area contributed by atoms with Gasteiger partial charge < -0.3 is 25.2 Å². The van der Waals surface area contributed by atoms with Crippen LogP contribution in [-0.4, -0.2) is 31.0 Å². The second-order valence-corrected chi connectivity index (χ2v) is 5.04. The molecule has 2 rings (SSSR count). The van der Waals surface area contributed by atoms with E-state index in [1.807, 2.05) is 31.2 Å². The number of urea groups is 1. The second-order valence-electron chi connectivity index (χ2n) is 5.04. The Hall–Kier alpha value is -2.89. The number of nitrogens with one attached hydrogen (secondary N) is 2. The van der Waals surface area contributed by atoms with E-state index in [1.54, 1.807) is 24.3 Å². The van der Waals surface area contributed by atoms with Gasteiger partial charge in [0.05, 0.1) is 6.61 Å². The first-order valence-corrected chi connectivity index (χ1v) is 7.82. The van der Waals surface area contributed by atoms with Crippen molar-refractivity contribution in [1.82, 2.24) is 10.6 Å². The Morgan fingerprint density at radius 3 is 2.21 bits per heavy atom. The highest BCUT2D eigenvalue weighted by atomic mass is 16.5. The van der Waals surface area contributed by atoms with Crippen molar-refractivity contribution in [3.8, 4) is 17.2 Å². The van der Waals surface area contributed by atoms with E-state index in [2.05, 4.69) is 10.6 Å². The summed E-state index contributed by atoms with van der Waals surface area (Å²) in [7, 11) is 0. The summed E-state index contributed by atoms with van der Waals surface area (Å²) < 4.78 is 10.8. The number of carbonyl (C=O) groups excluding carboxylic acids is 1. The molecule has 2 aromatic rings. The number of aromatic hydroxyl groups is 1. The van der Waals surface area contributed by atoms with E-state index in [-0.39, 0.29) is 18.5 Å². The summed E-state index contributed by atoms with van der Waals surface area (Å²) in [5.74, 6) is 1.67. The number of hydrogen-bond acceptors (Lipinski definition) is 4. The molecule has 3 N–H and O–H groups in total. The molecular formula is C18H22N2O4. The number of carbonyl (C=O) groups is 1. The minimum Gasteiger partial charge on any atom is -0.508 e. The highest BCUT2D eigenvalue weighted by Gasteiger charge is 2.01. The van der Waals surface area contributed by atoms with Gasteiger partial charge in [-0.3, -0.25) is 0 Å². The van der Waals surface area contributed by atoms with Crippen LogP contribution < -0.4 is 20.1 Å². The molecule has 0 radical (unpaired) electrons. The normalized spacial score (nSPS) is 10.0. The van der Waals surface area contributed by atoms with Crippen LogP contribution in [0.4, 0.5) is 4.79 Å². The first-order valence-electron chi connectivity index (χ1n) is 7.82. The van der Waals surface area contributed by atoms with Gasteiger partial charge >= 0.3 is 6.03 Å². The minimum absolute atomic E-state index is 0.0824. The van der Waals surface area contributed by atoms with Crippen LogP contribution in [0.25, 0.3) is 0 Å². The molecule has 0 atom stereocenters. The van der Waals surface area contributed by atoms with E-state index in [4.69, 9.17) is 9.47 Å². The molecule has 6 nitrogen and oxygen atoms in total. The summed E-state index contributed by atoms with van der Waals surface area (Å²) in [6.07, 6.45) is 0.688. The van der Waals surface area contributed by atoms with Gasteiger partial charge in [-0.15, -0.1) is 0 Å². The van der Waals surface area contributed by atoms with Crippen LogP contribution in [0.15, 0.2) is 48.5 Å². The second kappa shape index (κ2) is 9.29. The third-order valence-electron chi connectivity index (χ3n) is 3.24. The van der Waals surface area contributed by atoms with Crippen molar-refractivity contribution in [2.75, 3.05) is 19.9 Å². The maximum absolute atomic E-state index is 11.7. The molecule has 0 bridgehead atoms. The quantitative estimate of drug-likeness (QED) is 0.650. The molecule has 0 aliphatic heterocycles. The summed E-state index contributed by atoms with van der Waals surface area (Å²) in [6, 6.07) is 13.8. The number of phenols is 1. The molecule has 6 heteroatoms. The van der Waals surface area contributed by atoms with Crippen molar-refractivity contribution in [3.63, 3.8) is 0 Å². The fourth-order valence-electron chi connectivity index (χ4n) is 2.03. The number of amides is 2. The van der Waals surface area contributed by atoms with Crippen molar-refractivity contribution < 1.29 is 19.4 Å². The largest absolute Gasteiger partial charge is 0.508 e. The molecule has 128 valence electrons. The Labute approximate surface area is 141 Å². The molecule has 0 aliphatic carbocycles. The SMILES string of the molecule is CCOc1ccc(OCNC(=O)NCCc2ccc(O)cc2)cc1. The van der Waals surface area contributed by atoms with Gasteiger partial charge in [0.15, 0.2) is 6.73 Å². The van der Waals surface area contributed by atoms with Gasteiger partial charge in [0, 0.05) is 6.54 Å². The molecule has 2 aromatic carbocycles. The van der Waals surface area contributed by atoms with Crippen molar-refractivity contribution in [3.05, 3.63) is 54.1 Å². The summed E-state index contributed by atoms with van der Waals surface area (Å²) in [5, 5.41) is 14.6. The zero-order valence-corrected chi connectivity index (χ0v) is 13.6. The monoisotopic (exact) mass is 330 g/mol. The number of phenolic OH excluding ortho intramolecular Hbond substituents is 1. The van der Waals surface area contributed by atoms with E-state index in [0.29, 0.717) is 25.3 Å². The van der Waals surface area contributed by atoms with Gasteiger partial charge in [0.25, 0.3) is 0 Å². The van der Waals surface area contributed by atoms with Crippen LogP contribution in [0.1, 0.15) is 12.5 Å². The summed E-state index contributed by atoms with van der Waals surface area (Å²) in [5.41, 5.74) is 1.04. The topological polar surface area (TPSA) is 79.8 Å². The molecule has 0 heterocycles. The van der Waals surface area contributed by atoms with Crippen LogP contribution in [0, 0.1) is 0 Å². The fourth-order valence-corrected chi connectivity index (χ4v) is 2.03. The van der Waals surface area contributed by atoms with Gasteiger partial charge in [0.1, 0.15) is 17.2 Å². The zero-order valence-electron chi connectivity index (χ0n) is 13.6. The van der Waals surface area contributed by atoms with Crippen molar-refractivity contribution >= 4 is 6.03 Å². The maximum Gasteiger partial charge on any atom is 0.317 e. The maximum atomic E-state index is 11.7. The Balaban J connectivity index is 1.61. The number of hydrogen-bond donors (Lipinski definition) is 3. The predicted molar refractivity (Wildman–Crippen MR) is 91.5 cm³/mol. The molecule has 0 fully saturated rings. The molecule has 2 amide bonds. The Bertz CT molecular complexity index is 626. The van der Waals surface area contributed by atoms with Crippen molar-refractivity contribution in [1.29, 1.82) is 0 Å². The average Bonchev–Trinajstić information content (AvgIpc) is 2.58. The van der Waals surface area contributed by atoms with Crippen LogP contribution in [0.5, 0.6) is 17.2 Å². The van der Waals surface area contributed by atoms with E-state index < -0.39 is 0 Å². The van der Waals surface area contributed by atoms with Crippen molar-refractivity contribution in [2.45, 2.75) is 13.3 Å². The Morgan fingerprint density at radius 1 is 0.958 bits per heavy atom. The lowest BCUT2D eigenvalue weighted by molar-refractivity contribution is 0.224. The van der Waals surface area contributed by atoms with Crippen LogP contribution in [-0.2, 0) is 6.42 Å². The summed E-state index contributed by atoms with van der Waals surface area (Å²) in [4.78, 5) is 11.7. The lowest BCUT2D eigenvalue weighted by Gasteiger charge is -2.10. The highest BCUT2D eigenvalue weighted by molar-refractivity contribution is 5.73. The molecule has 0 aliphatic rings. The Morgan fingerprint density at radius 2 is 1.58 bits per heavy atom. The van der Waals surface area contributed by atoms with Gasteiger partial charge in [-0.25, -0.2) is 4.79 Å². The minimum atomic E-state index is -0.292. The van der Waals surface area contributed by atoms with Crippen LogP contribution in [0.3, 0.4) is 0 Å². The van der Waals surface area contributed by atoms with E-state index in [1.165, 1.54) is 0 Å². The third-order valence-corrected chi connectivity index (χ3v) is 3.24. The summed E-state index contributed by atoms with van der Waals surface area (Å²) in [6.45, 7) is 3.12. The highest BCUT2D eigenvalue weighted by Crippen LogP contribution is 2.17. The van der Waals surface area contributed by atoms with Gasteiger partial charge in [-0.1, -0.05) is 12.1 Å². The zero-order chi connectivity index (χ0) is 17.2. The number of ether oxygens (including phenoxy) is 2. The van der Waals surface area contributed by atoms with E-state index in [0.717, 1.165) is 11.3 Å². The molecule has 0 spiro atoms. The molecule has 0 saturated heterocycles. The van der Waals surface area contributed by atoms with Gasteiger partial charge in [-0.2, -0.15) is 0 Å². The molecule has 0 unspecified atom stereocenters. The summed E-state index contributed by atoms with van der Waals surface area (Å²) >= 11 is 0. The number of benzene rings is 2. The van der Waals surface area contributed by atoms with Crippen LogP contribution >= 0.6 is 0 Å². The lowest BCUT2D eigenvalue weighted by Crippen LogP contribution is -2.38. The van der Waals surface area contributed by atoms with Gasteiger partial charge in [0.2, 0.25) is 0 Å². The smallest absolute Gasteiger partial charge is 0.317 e. The van der Waals surface area contributed by atoms with E-state index in [9.17, 15) is 9.90 Å². The van der Waals surface area contributed by atoms with Crippen LogP contribution in [0.2, 0.25) is 0 Å². The average molecular weight is 330 g/mol. The predicted octanol–water partition coefficient (Wildman–Crippen LogP) is 2.67. The first-order chi connectivity index (χ1) is 11.7.